The number of hydrogen-bond donors (Lipinski definition) is 1. The van der Waals surface area contributed by atoms with Crippen molar-refractivity contribution in [3.63, 3.8) is 0 Å². The summed E-state index contributed by atoms with van der Waals surface area (Å²) >= 11 is 0. The molecule has 9 heteroatoms. The quantitative estimate of drug-likeness (QED) is 0.779. The van der Waals surface area contributed by atoms with Gasteiger partial charge in [0.1, 0.15) is 0 Å². The molecular weight excluding hydrogens is 421 g/mol. The standard InChI is InChI=1S/C19H25N5O.3ClH/c25-19-17-4-2-1-3-16(17)18(21-22-19)7-10-23-11-13-24(14-12-23)15-5-8-20-9-6-15;;;/h5-6,8-9H,1-4,7,10-14H2,(H,22,25);3*1H. The van der Waals surface area contributed by atoms with Crippen LogP contribution >= 0.6 is 37.2 Å². The Labute approximate surface area is 184 Å². The third-order valence-electron chi connectivity index (χ3n) is 5.45. The van der Waals surface area contributed by atoms with Gasteiger partial charge in [0.15, 0.2) is 0 Å². The molecule has 28 heavy (non-hydrogen) atoms. The van der Waals surface area contributed by atoms with Crippen LogP contribution in [0.2, 0.25) is 0 Å². The van der Waals surface area contributed by atoms with Gasteiger partial charge in [0, 0.05) is 62.8 Å². The van der Waals surface area contributed by atoms with Crippen molar-refractivity contribution in [2.75, 3.05) is 37.6 Å². The van der Waals surface area contributed by atoms with E-state index in [2.05, 4.69) is 37.1 Å². The van der Waals surface area contributed by atoms with Gasteiger partial charge in [0.25, 0.3) is 5.56 Å². The third kappa shape index (κ3) is 5.60. The molecule has 1 fully saturated rings. The van der Waals surface area contributed by atoms with Gasteiger partial charge in [0.05, 0.1) is 5.69 Å². The first-order valence-corrected chi connectivity index (χ1v) is 9.28. The molecule has 0 unspecified atom stereocenters. The normalized spacial score (nSPS) is 16.2. The van der Waals surface area contributed by atoms with Gasteiger partial charge >= 0.3 is 0 Å². The van der Waals surface area contributed by atoms with Crippen molar-refractivity contribution >= 4 is 42.9 Å². The lowest BCUT2D eigenvalue weighted by Gasteiger charge is -2.36. The molecule has 156 valence electrons. The van der Waals surface area contributed by atoms with Crippen molar-refractivity contribution in [3.8, 4) is 0 Å². The number of H-pyrrole nitrogens is 1. The number of nitrogens with one attached hydrogen (secondary N) is 1. The highest BCUT2D eigenvalue weighted by Crippen LogP contribution is 2.21. The lowest BCUT2D eigenvalue weighted by molar-refractivity contribution is 0.259. The molecule has 0 saturated carbocycles. The van der Waals surface area contributed by atoms with E-state index < -0.39 is 0 Å². The summed E-state index contributed by atoms with van der Waals surface area (Å²) in [6.45, 7) is 5.22. The molecule has 1 aliphatic carbocycles. The minimum Gasteiger partial charge on any atom is -0.369 e. The summed E-state index contributed by atoms with van der Waals surface area (Å²) in [4.78, 5) is 21.0. The Hall–Kier alpha value is -1.34. The highest BCUT2D eigenvalue weighted by atomic mass is 35.5. The lowest BCUT2D eigenvalue weighted by atomic mass is 9.91. The second-order valence-corrected chi connectivity index (χ2v) is 6.95. The van der Waals surface area contributed by atoms with E-state index in [4.69, 9.17) is 0 Å². The molecule has 2 aromatic heterocycles. The average molecular weight is 449 g/mol. The van der Waals surface area contributed by atoms with Gasteiger partial charge in [-0.05, 0) is 43.4 Å². The van der Waals surface area contributed by atoms with E-state index in [1.165, 1.54) is 17.7 Å². The second-order valence-electron chi connectivity index (χ2n) is 6.95. The van der Waals surface area contributed by atoms with E-state index in [1.807, 2.05) is 12.4 Å². The van der Waals surface area contributed by atoms with E-state index in [-0.39, 0.29) is 42.8 Å². The lowest BCUT2D eigenvalue weighted by Crippen LogP contribution is -2.47. The monoisotopic (exact) mass is 447 g/mol. The Morgan fingerprint density at radius 2 is 1.57 bits per heavy atom. The number of pyridine rings is 1. The molecule has 0 bridgehead atoms. The number of nitrogens with zero attached hydrogens (tertiary/aromatic N) is 4. The molecule has 2 aliphatic rings. The van der Waals surface area contributed by atoms with Gasteiger partial charge in [-0.15, -0.1) is 37.2 Å². The van der Waals surface area contributed by atoms with E-state index >= 15 is 0 Å². The fraction of sp³-hybridized carbons (Fsp3) is 0.526. The van der Waals surface area contributed by atoms with Crippen LogP contribution in [0.4, 0.5) is 5.69 Å². The Kier molecular flexibility index (Phi) is 10.2. The molecular formula is C19H28Cl3N5O. The Morgan fingerprint density at radius 1 is 0.929 bits per heavy atom. The molecule has 0 radical (unpaired) electrons. The maximum atomic E-state index is 12.0. The molecule has 1 N–H and O–H groups in total. The maximum absolute atomic E-state index is 12.0. The zero-order valence-corrected chi connectivity index (χ0v) is 18.3. The Bertz CT molecular complexity index is 779. The first-order valence-electron chi connectivity index (χ1n) is 9.28. The molecule has 0 atom stereocenters. The fourth-order valence-electron chi connectivity index (χ4n) is 3.98. The van der Waals surface area contributed by atoms with Crippen LogP contribution in [0.1, 0.15) is 29.7 Å². The average Bonchev–Trinajstić information content (AvgIpc) is 2.69. The van der Waals surface area contributed by atoms with E-state index in [9.17, 15) is 4.79 Å². The zero-order valence-electron chi connectivity index (χ0n) is 15.8. The molecule has 1 saturated heterocycles. The highest BCUT2D eigenvalue weighted by molar-refractivity contribution is 5.86. The minimum absolute atomic E-state index is 0. The summed E-state index contributed by atoms with van der Waals surface area (Å²) in [5.41, 5.74) is 4.59. The molecule has 0 aromatic carbocycles. The summed E-state index contributed by atoms with van der Waals surface area (Å²) in [7, 11) is 0. The van der Waals surface area contributed by atoms with Crippen LogP contribution in [0.25, 0.3) is 0 Å². The number of aromatic amines is 1. The van der Waals surface area contributed by atoms with Crippen LogP contribution < -0.4 is 10.5 Å². The molecule has 1 aliphatic heterocycles. The predicted molar refractivity (Wildman–Crippen MR) is 120 cm³/mol. The first-order chi connectivity index (χ1) is 12.3. The number of anilines is 1. The highest BCUT2D eigenvalue weighted by Gasteiger charge is 2.20. The molecule has 6 nitrogen and oxygen atoms in total. The minimum atomic E-state index is 0. The van der Waals surface area contributed by atoms with Crippen molar-refractivity contribution in [3.05, 3.63) is 51.7 Å². The van der Waals surface area contributed by atoms with Gasteiger partial charge in [-0.3, -0.25) is 14.7 Å². The van der Waals surface area contributed by atoms with Crippen LogP contribution in [0.15, 0.2) is 29.3 Å². The summed E-state index contributed by atoms with van der Waals surface area (Å²) in [6, 6.07) is 4.15. The number of aromatic nitrogens is 3. The molecule has 0 spiro atoms. The molecule has 3 heterocycles. The SMILES string of the molecule is Cl.Cl.Cl.O=c1[nH]nc(CCN2CCN(c3ccncc3)CC2)c2c1CCCC2. The second kappa shape index (κ2) is 11.6. The molecule has 4 rings (SSSR count). The topological polar surface area (TPSA) is 65.1 Å². The Morgan fingerprint density at radius 3 is 2.25 bits per heavy atom. The maximum Gasteiger partial charge on any atom is 0.267 e. The van der Waals surface area contributed by atoms with Gasteiger partial charge in [-0.25, -0.2) is 5.10 Å². The van der Waals surface area contributed by atoms with Gasteiger partial charge in [-0.1, -0.05) is 0 Å². The summed E-state index contributed by atoms with van der Waals surface area (Å²) < 4.78 is 0. The number of hydrogen-bond acceptors (Lipinski definition) is 5. The summed E-state index contributed by atoms with van der Waals surface area (Å²) in [5.74, 6) is 0. The van der Waals surface area contributed by atoms with Gasteiger partial charge in [-0.2, -0.15) is 5.10 Å². The van der Waals surface area contributed by atoms with E-state index in [0.717, 1.165) is 69.7 Å². The number of piperazine rings is 1. The molecule has 2 aromatic rings. The predicted octanol–water partition coefficient (Wildman–Crippen LogP) is 2.67. The van der Waals surface area contributed by atoms with Crippen LogP contribution in [0.3, 0.4) is 0 Å². The summed E-state index contributed by atoms with van der Waals surface area (Å²) in [5, 5.41) is 7.06. The van der Waals surface area contributed by atoms with Crippen LogP contribution in [-0.4, -0.2) is 52.8 Å². The van der Waals surface area contributed by atoms with Crippen molar-refractivity contribution in [2.45, 2.75) is 32.1 Å². The van der Waals surface area contributed by atoms with Gasteiger partial charge < -0.3 is 4.90 Å². The zero-order chi connectivity index (χ0) is 17.1. The van der Waals surface area contributed by atoms with Crippen molar-refractivity contribution in [1.82, 2.24) is 20.1 Å². The van der Waals surface area contributed by atoms with Crippen molar-refractivity contribution < 1.29 is 0 Å². The fourth-order valence-corrected chi connectivity index (χ4v) is 3.98. The van der Waals surface area contributed by atoms with E-state index in [1.54, 1.807) is 0 Å². The van der Waals surface area contributed by atoms with E-state index in [0.29, 0.717) is 0 Å². The third-order valence-corrected chi connectivity index (χ3v) is 5.45. The smallest absolute Gasteiger partial charge is 0.267 e. The van der Waals surface area contributed by atoms with Crippen molar-refractivity contribution in [1.29, 1.82) is 0 Å². The number of rotatable bonds is 4. The first kappa shape index (κ1) is 24.7. The van der Waals surface area contributed by atoms with Crippen LogP contribution in [0.5, 0.6) is 0 Å². The summed E-state index contributed by atoms with van der Waals surface area (Å²) in [6.07, 6.45) is 8.85. The Balaban J connectivity index is 0.00000131. The van der Waals surface area contributed by atoms with Crippen LogP contribution in [-0.2, 0) is 19.3 Å². The molecule has 0 amide bonds. The van der Waals surface area contributed by atoms with Crippen LogP contribution in [0, 0.1) is 0 Å². The van der Waals surface area contributed by atoms with Gasteiger partial charge in [0.2, 0.25) is 0 Å². The number of fused-ring (bicyclic) bond motifs is 1. The number of halogens is 3. The van der Waals surface area contributed by atoms with Crippen molar-refractivity contribution in [2.24, 2.45) is 0 Å². The largest absolute Gasteiger partial charge is 0.369 e.